The van der Waals surface area contributed by atoms with Crippen LogP contribution in [-0.4, -0.2) is 52.8 Å². The molecule has 0 atom stereocenters. The summed E-state index contributed by atoms with van der Waals surface area (Å²) in [6.45, 7) is 5.68. The molecule has 2 amide bonds. The van der Waals surface area contributed by atoms with Crippen molar-refractivity contribution in [3.63, 3.8) is 0 Å². The summed E-state index contributed by atoms with van der Waals surface area (Å²) in [5.41, 5.74) is 0.244. The van der Waals surface area contributed by atoms with Crippen molar-refractivity contribution >= 4 is 11.8 Å². The first kappa shape index (κ1) is 19.8. The van der Waals surface area contributed by atoms with Gasteiger partial charge in [0.25, 0.3) is 0 Å². The van der Waals surface area contributed by atoms with E-state index in [-0.39, 0.29) is 30.2 Å². The number of nitrogens with zero attached hydrogens (tertiary/aromatic N) is 2. The van der Waals surface area contributed by atoms with Gasteiger partial charge in [-0.05, 0) is 44.4 Å². The Kier molecular flexibility index (Phi) is 6.15. The molecule has 1 saturated carbocycles. The monoisotopic (exact) mass is 375 g/mol. The van der Waals surface area contributed by atoms with Crippen LogP contribution in [0.1, 0.15) is 51.5 Å². The number of halogens is 1. The maximum Gasteiger partial charge on any atom is 0.240 e. The minimum absolute atomic E-state index is 0.0377. The van der Waals surface area contributed by atoms with Crippen molar-refractivity contribution in [2.75, 3.05) is 19.6 Å². The zero-order valence-corrected chi connectivity index (χ0v) is 16.3. The highest BCUT2D eigenvalue weighted by molar-refractivity contribution is 5.87. The third-order valence-electron chi connectivity index (χ3n) is 5.94. The Labute approximate surface area is 160 Å². The zero-order chi connectivity index (χ0) is 19.4. The molecule has 0 radical (unpaired) electrons. The van der Waals surface area contributed by atoms with Crippen LogP contribution in [0.15, 0.2) is 24.3 Å². The molecule has 6 heteroatoms. The average molecular weight is 375 g/mol. The van der Waals surface area contributed by atoms with Crippen LogP contribution in [0.5, 0.6) is 0 Å². The Hall–Kier alpha value is -1.95. The maximum atomic E-state index is 13.3. The van der Waals surface area contributed by atoms with E-state index in [1.165, 1.54) is 18.6 Å². The van der Waals surface area contributed by atoms with E-state index >= 15 is 0 Å². The second-order valence-corrected chi connectivity index (χ2v) is 8.18. The Balaban J connectivity index is 1.75. The van der Waals surface area contributed by atoms with Crippen LogP contribution in [0, 0.1) is 5.82 Å². The second kappa shape index (κ2) is 8.38. The SMILES string of the molecule is CC1(C)C(=O)NCCN1CC(=O)N(Cc1ccc(F)cc1)C1CCCCC1. The van der Waals surface area contributed by atoms with E-state index in [2.05, 4.69) is 5.32 Å². The van der Waals surface area contributed by atoms with Crippen molar-refractivity contribution in [1.82, 2.24) is 15.1 Å². The largest absolute Gasteiger partial charge is 0.353 e. The molecule has 1 aromatic carbocycles. The Morgan fingerprint density at radius 3 is 2.56 bits per heavy atom. The van der Waals surface area contributed by atoms with Gasteiger partial charge < -0.3 is 10.2 Å². The highest BCUT2D eigenvalue weighted by Crippen LogP contribution is 2.25. The summed E-state index contributed by atoms with van der Waals surface area (Å²) in [5.74, 6) is -0.256. The first-order valence-corrected chi connectivity index (χ1v) is 9.95. The topological polar surface area (TPSA) is 52.7 Å². The van der Waals surface area contributed by atoms with Crippen molar-refractivity contribution in [1.29, 1.82) is 0 Å². The van der Waals surface area contributed by atoms with Gasteiger partial charge in [0.05, 0.1) is 12.1 Å². The van der Waals surface area contributed by atoms with Crippen LogP contribution in [0.3, 0.4) is 0 Å². The van der Waals surface area contributed by atoms with E-state index in [1.807, 2.05) is 23.6 Å². The number of carbonyl (C=O) groups is 2. The molecule has 2 fully saturated rings. The van der Waals surface area contributed by atoms with E-state index in [4.69, 9.17) is 0 Å². The molecule has 1 saturated heterocycles. The molecule has 148 valence electrons. The van der Waals surface area contributed by atoms with Crippen LogP contribution < -0.4 is 5.32 Å². The van der Waals surface area contributed by atoms with E-state index < -0.39 is 5.54 Å². The zero-order valence-electron chi connectivity index (χ0n) is 16.3. The van der Waals surface area contributed by atoms with E-state index in [9.17, 15) is 14.0 Å². The molecular formula is C21H30FN3O2. The molecule has 0 aromatic heterocycles. The third kappa shape index (κ3) is 4.67. The van der Waals surface area contributed by atoms with Gasteiger partial charge in [-0.1, -0.05) is 31.4 Å². The quantitative estimate of drug-likeness (QED) is 0.861. The summed E-state index contributed by atoms with van der Waals surface area (Å²) in [6.07, 6.45) is 5.51. The molecule has 3 rings (SSSR count). The highest BCUT2D eigenvalue weighted by Gasteiger charge is 2.39. The van der Waals surface area contributed by atoms with Crippen molar-refractivity contribution in [3.8, 4) is 0 Å². The van der Waals surface area contributed by atoms with Gasteiger partial charge in [0.1, 0.15) is 5.82 Å². The van der Waals surface area contributed by atoms with Gasteiger partial charge in [-0.3, -0.25) is 14.5 Å². The summed E-state index contributed by atoms with van der Waals surface area (Å²) >= 11 is 0. The van der Waals surface area contributed by atoms with E-state index in [0.717, 1.165) is 31.2 Å². The number of piperazine rings is 1. The summed E-state index contributed by atoms with van der Waals surface area (Å²) in [4.78, 5) is 29.4. The van der Waals surface area contributed by atoms with Gasteiger partial charge in [0, 0.05) is 25.7 Å². The molecule has 1 aliphatic heterocycles. The summed E-state index contributed by atoms with van der Waals surface area (Å²) in [6, 6.07) is 6.60. The molecule has 0 bridgehead atoms. The van der Waals surface area contributed by atoms with Crippen LogP contribution in [0.4, 0.5) is 4.39 Å². The van der Waals surface area contributed by atoms with Crippen molar-refractivity contribution < 1.29 is 14.0 Å². The normalized spacial score (nSPS) is 20.9. The Morgan fingerprint density at radius 1 is 1.22 bits per heavy atom. The lowest BCUT2D eigenvalue weighted by Gasteiger charge is -2.42. The van der Waals surface area contributed by atoms with Gasteiger partial charge in [-0.2, -0.15) is 0 Å². The minimum atomic E-state index is -0.692. The summed E-state index contributed by atoms with van der Waals surface area (Å²) < 4.78 is 13.2. The lowest BCUT2D eigenvalue weighted by molar-refractivity contribution is -0.143. The number of benzene rings is 1. The molecule has 1 aromatic rings. The van der Waals surface area contributed by atoms with Crippen LogP contribution in [-0.2, 0) is 16.1 Å². The second-order valence-electron chi connectivity index (χ2n) is 8.18. The smallest absolute Gasteiger partial charge is 0.240 e. The first-order chi connectivity index (χ1) is 12.9. The van der Waals surface area contributed by atoms with Gasteiger partial charge in [0.2, 0.25) is 11.8 Å². The molecule has 0 unspecified atom stereocenters. The van der Waals surface area contributed by atoms with Gasteiger partial charge >= 0.3 is 0 Å². The fourth-order valence-electron chi connectivity index (χ4n) is 4.07. The third-order valence-corrected chi connectivity index (χ3v) is 5.94. The number of hydrogen-bond donors (Lipinski definition) is 1. The predicted molar refractivity (Wildman–Crippen MR) is 102 cm³/mol. The number of nitrogens with one attached hydrogen (secondary N) is 1. The highest BCUT2D eigenvalue weighted by atomic mass is 19.1. The molecule has 0 spiro atoms. The van der Waals surface area contributed by atoms with Crippen molar-refractivity contribution in [2.45, 2.75) is 64.1 Å². The van der Waals surface area contributed by atoms with Crippen molar-refractivity contribution in [3.05, 3.63) is 35.6 Å². The van der Waals surface area contributed by atoms with Gasteiger partial charge in [0.15, 0.2) is 0 Å². The fourth-order valence-corrected chi connectivity index (χ4v) is 4.07. The van der Waals surface area contributed by atoms with Crippen LogP contribution >= 0.6 is 0 Å². The molecule has 27 heavy (non-hydrogen) atoms. The van der Waals surface area contributed by atoms with Gasteiger partial charge in [-0.15, -0.1) is 0 Å². The predicted octanol–water partition coefficient (Wildman–Crippen LogP) is 2.70. The van der Waals surface area contributed by atoms with Crippen LogP contribution in [0.25, 0.3) is 0 Å². The number of amides is 2. The Bertz CT molecular complexity index is 669. The minimum Gasteiger partial charge on any atom is -0.353 e. The summed E-state index contributed by atoms with van der Waals surface area (Å²) in [7, 11) is 0. The molecule has 1 aliphatic carbocycles. The number of carbonyl (C=O) groups excluding carboxylic acids is 2. The molecule has 2 aliphatic rings. The lowest BCUT2D eigenvalue weighted by atomic mass is 9.93. The standard InChI is InChI=1S/C21H30FN3O2/c1-21(2)20(27)23-12-13-24(21)15-19(26)25(18-6-4-3-5-7-18)14-16-8-10-17(22)11-9-16/h8-11,18H,3-7,12-15H2,1-2H3,(H,23,27). The average Bonchev–Trinajstić information content (AvgIpc) is 2.66. The number of rotatable bonds is 5. The molecular weight excluding hydrogens is 345 g/mol. The van der Waals surface area contributed by atoms with E-state index in [0.29, 0.717) is 19.6 Å². The van der Waals surface area contributed by atoms with Crippen molar-refractivity contribution in [2.24, 2.45) is 0 Å². The molecule has 1 N–H and O–H groups in total. The van der Waals surface area contributed by atoms with Crippen LogP contribution in [0.2, 0.25) is 0 Å². The lowest BCUT2D eigenvalue weighted by Crippen LogP contribution is -2.63. The molecule has 5 nitrogen and oxygen atoms in total. The fraction of sp³-hybridized carbons (Fsp3) is 0.619. The first-order valence-electron chi connectivity index (χ1n) is 9.95. The van der Waals surface area contributed by atoms with Gasteiger partial charge in [-0.25, -0.2) is 4.39 Å². The summed E-state index contributed by atoms with van der Waals surface area (Å²) in [5, 5.41) is 2.87. The van der Waals surface area contributed by atoms with E-state index in [1.54, 1.807) is 12.1 Å². The maximum absolute atomic E-state index is 13.3. The molecule has 1 heterocycles. The number of hydrogen-bond acceptors (Lipinski definition) is 3. The Morgan fingerprint density at radius 2 is 1.89 bits per heavy atom.